The van der Waals surface area contributed by atoms with E-state index >= 15 is 0 Å². The number of carbonyl (C=O) groups is 1. The predicted molar refractivity (Wildman–Crippen MR) is 147 cm³/mol. The number of piperidine rings is 1. The van der Waals surface area contributed by atoms with Gasteiger partial charge in [-0.05, 0) is 49.2 Å². The van der Waals surface area contributed by atoms with Crippen LogP contribution in [0.5, 0.6) is 17.4 Å². The maximum absolute atomic E-state index is 14.1. The number of halogens is 3. The molecule has 2 aromatic carbocycles. The molecule has 5 rings (SSSR count). The van der Waals surface area contributed by atoms with Gasteiger partial charge in [0.05, 0.1) is 42.1 Å². The average molecular weight is 596 g/mol. The molecule has 3 heterocycles. The molecule has 0 spiro atoms. The number of fused-ring (bicyclic) bond motifs is 1. The minimum absolute atomic E-state index is 0.0294. The molecule has 1 fully saturated rings. The second-order valence-electron chi connectivity index (χ2n) is 9.91. The van der Waals surface area contributed by atoms with Gasteiger partial charge in [-0.15, -0.1) is 0 Å². The van der Waals surface area contributed by atoms with Crippen molar-refractivity contribution in [3.8, 4) is 23.4 Å². The molecule has 10 nitrogen and oxygen atoms in total. The number of likely N-dealkylation sites (tertiary alicyclic amines) is 1. The summed E-state index contributed by atoms with van der Waals surface area (Å²) in [7, 11) is 2.97. The maximum Gasteiger partial charge on any atom is 0.387 e. The second-order valence-corrected chi connectivity index (χ2v) is 9.91. The van der Waals surface area contributed by atoms with Crippen molar-refractivity contribution < 1.29 is 36.9 Å². The van der Waals surface area contributed by atoms with E-state index in [2.05, 4.69) is 19.6 Å². The van der Waals surface area contributed by atoms with Gasteiger partial charge in [0.25, 0.3) is 0 Å². The van der Waals surface area contributed by atoms with Crippen LogP contribution in [0.3, 0.4) is 0 Å². The van der Waals surface area contributed by atoms with E-state index in [0.29, 0.717) is 42.5 Å². The standard InChI is InChI=1S/C30H28F3N5O5/c1-37-23-13-19(29(39)40-2)14-25(43-30(32)33)28(23)36-26(37)16-38-10-8-21(9-11-38)42-27-5-3-4-20(35-27)17-41-24-7-6-18(15-34)12-22(24)31/h3-7,12-14,21,30H,8-11,16-17H2,1-2H3. The summed E-state index contributed by atoms with van der Waals surface area (Å²) in [5, 5.41) is 8.88. The number of rotatable bonds is 10. The van der Waals surface area contributed by atoms with E-state index in [1.165, 1.54) is 25.3 Å². The molecule has 1 saturated heterocycles. The SMILES string of the molecule is COC(=O)c1cc(OC(F)F)c2nc(CN3CCC(Oc4cccc(COc5ccc(C#N)cc5F)n4)CC3)n(C)c2c1. The van der Waals surface area contributed by atoms with Crippen LogP contribution in [0, 0.1) is 17.1 Å². The number of imidazole rings is 1. The third-order valence-electron chi connectivity index (χ3n) is 7.09. The Labute approximate surface area is 245 Å². The van der Waals surface area contributed by atoms with Gasteiger partial charge in [0.1, 0.15) is 24.1 Å². The first kappa shape index (κ1) is 29.7. The number of benzene rings is 2. The van der Waals surface area contributed by atoms with E-state index in [1.807, 2.05) is 6.07 Å². The second kappa shape index (κ2) is 13.0. The van der Waals surface area contributed by atoms with Crippen molar-refractivity contribution in [3.63, 3.8) is 0 Å². The number of methoxy groups -OCH3 is 1. The van der Waals surface area contributed by atoms with Crippen LogP contribution in [0.1, 0.15) is 40.3 Å². The summed E-state index contributed by atoms with van der Waals surface area (Å²) in [6.45, 7) is -1.20. The fourth-order valence-electron chi connectivity index (χ4n) is 4.87. The van der Waals surface area contributed by atoms with Crippen molar-refractivity contribution in [2.75, 3.05) is 20.2 Å². The molecule has 0 saturated carbocycles. The van der Waals surface area contributed by atoms with E-state index in [4.69, 9.17) is 19.5 Å². The van der Waals surface area contributed by atoms with Crippen molar-refractivity contribution in [1.82, 2.24) is 19.4 Å². The van der Waals surface area contributed by atoms with Crippen LogP contribution in [0.25, 0.3) is 11.0 Å². The summed E-state index contributed by atoms with van der Waals surface area (Å²) in [6.07, 6.45) is 1.36. The molecule has 0 atom stereocenters. The Balaban J connectivity index is 1.19. The zero-order chi connectivity index (χ0) is 30.5. The van der Waals surface area contributed by atoms with Crippen LogP contribution in [0.2, 0.25) is 0 Å². The maximum atomic E-state index is 14.1. The Morgan fingerprint density at radius 3 is 2.60 bits per heavy atom. The van der Waals surface area contributed by atoms with Crippen LogP contribution >= 0.6 is 0 Å². The molecule has 1 aliphatic rings. The molecular weight excluding hydrogens is 567 g/mol. The smallest absolute Gasteiger partial charge is 0.387 e. The number of esters is 1. The lowest BCUT2D eigenvalue weighted by Crippen LogP contribution is -2.38. The van der Waals surface area contributed by atoms with Crippen molar-refractivity contribution in [2.45, 2.75) is 38.7 Å². The van der Waals surface area contributed by atoms with Crippen LogP contribution < -0.4 is 14.2 Å². The molecule has 0 bridgehead atoms. The Morgan fingerprint density at radius 2 is 1.91 bits per heavy atom. The number of aryl methyl sites for hydroxylation is 1. The first-order chi connectivity index (χ1) is 20.7. The largest absolute Gasteiger partial charge is 0.484 e. The van der Waals surface area contributed by atoms with Gasteiger partial charge < -0.3 is 23.5 Å². The van der Waals surface area contributed by atoms with Crippen LogP contribution in [-0.4, -0.2) is 58.3 Å². The van der Waals surface area contributed by atoms with Crippen LogP contribution in [-0.2, 0) is 24.9 Å². The highest BCUT2D eigenvalue weighted by atomic mass is 19.3. The number of nitriles is 1. The van der Waals surface area contributed by atoms with Crippen LogP contribution in [0.15, 0.2) is 48.5 Å². The number of nitrogens with zero attached hydrogens (tertiary/aromatic N) is 5. The minimum atomic E-state index is -3.08. The van der Waals surface area contributed by atoms with Gasteiger partial charge in [0.15, 0.2) is 17.3 Å². The van der Waals surface area contributed by atoms with E-state index in [1.54, 1.807) is 35.9 Å². The number of aromatic nitrogens is 3. The summed E-state index contributed by atoms with van der Waals surface area (Å²) in [5.74, 6) is -0.388. The summed E-state index contributed by atoms with van der Waals surface area (Å²) in [6, 6.07) is 13.9. The zero-order valence-corrected chi connectivity index (χ0v) is 23.4. The molecule has 43 heavy (non-hydrogen) atoms. The Kier molecular flexibility index (Phi) is 8.96. The monoisotopic (exact) mass is 595 g/mol. The number of carbonyl (C=O) groups excluding carboxylic acids is 1. The van der Waals surface area contributed by atoms with E-state index in [0.717, 1.165) is 18.9 Å². The average Bonchev–Trinajstić information content (AvgIpc) is 3.31. The first-order valence-corrected chi connectivity index (χ1v) is 13.4. The highest BCUT2D eigenvalue weighted by Gasteiger charge is 2.24. The molecule has 0 N–H and O–H groups in total. The summed E-state index contributed by atoms with van der Waals surface area (Å²) in [5.41, 5.74) is 1.57. The quantitative estimate of drug-likeness (QED) is 0.234. The highest BCUT2D eigenvalue weighted by Crippen LogP contribution is 2.30. The van der Waals surface area contributed by atoms with Gasteiger partial charge in [0, 0.05) is 26.2 Å². The normalized spacial score (nSPS) is 14.1. The third-order valence-corrected chi connectivity index (χ3v) is 7.09. The van der Waals surface area contributed by atoms with Crippen molar-refractivity contribution in [3.05, 3.63) is 77.0 Å². The number of hydrogen-bond donors (Lipinski definition) is 0. The molecule has 224 valence electrons. The van der Waals surface area contributed by atoms with Crippen molar-refractivity contribution >= 4 is 17.0 Å². The Bertz CT molecular complexity index is 1660. The van der Waals surface area contributed by atoms with Crippen LogP contribution in [0.4, 0.5) is 13.2 Å². The fraction of sp³-hybridized carbons (Fsp3) is 0.333. The van der Waals surface area contributed by atoms with E-state index in [-0.39, 0.29) is 40.9 Å². The minimum Gasteiger partial charge on any atom is -0.484 e. The van der Waals surface area contributed by atoms with E-state index in [9.17, 15) is 18.0 Å². The molecule has 13 heteroatoms. The predicted octanol–water partition coefficient (Wildman–Crippen LogP) is 4.99. The molecule has 0 amide bonds. The Hall–Kier alpha value is -4.83. The summed E-state index contributed by atoms with van der Waals surface area (Å²) in [4.78, 5) is 23.3. The third kappa shape index (κ3) is 6.98. The molecule has 0 radical (unpaired) electrons. The van der Waals surface area contributed by atoms with E-state index < -0.39 is 18.4 Å². The van der Waals surface area contributed by atoms with Gasteiger partial charge in [-0.2, -0.15) is 14.0 Å². The summed E-state index contributed by atoms with van der Waals surface area (Å²) < 4.78 is 63.1. The molecule has 1 aliphatic heterocycles. The zero-order valence-electron chi connectivity index (χ0n) is 23.4. The lowest BCUT2D eigenvalue weighted by Gasteiger charge is -2.31. The molecule has 0 aliphatic carbocycles. The topological polar surface area (TPSA) is 112 Å². The van der Waals surface area contributed by atoms with Gasteiger partial charge >= 0.3 is 12.6 Å². The van der Waals surface area contributed by atoms with Gasteiger partial charge in [-0.3, -0.25) is 4.90 Å². The lowest BCUT2D eigenvalue weighted by atomic mass is 10.1. The molecule has 0 unspecified atom stereocenters. The van der Waals surface area contributed by atoms with Gasteiger partial charge in [-0.1, -0.05) is 6.07 Å². The molecular formula is C30H28F3N5O5. The number of ether oxygens (including phenoxy) is 4. The number of pyridine rings is 1. The molecule has 2 aromatic heterocycles. The highest BCUT2D eigenvalue weighted by molar-refractivity contribution is 5.96. The van der Waals surface area contributed by atoms with Crippen molar-refractivity contribution in [2.24, 2.45) is 7.05 Å². The molecule has 4 aromatic rings. The number of alkyl halides is 2. The van der Waals surface area contributed by atoms with Gasteiger partial charge in [0.2, 0.25) is 5.88 Å². The fourth-order valence-corrected chi connectivity index (χ4v) is 4.87. The first-order valence-electron chi connectivity index (χ1n) is 13.4. The van der Waals surface area contributed by atoms with Gasteiger partial charge in [-0.25, -0.2) is 19.2 Å². The number of hydrogen-bond acceptors (Lipinski definition) is 9. The van der Waals surface area contributed by atoms with Crippen molar-refractivity contribution in [1.29, 1.82) is 5.26 Å². The Morgan fingerprint density at radius 1 is 1.12 bits per heavy atom. The lowest BCUT2D eigenvalue weighted by molar-refractivity contribution is -0.0489. The summed E-state index contributed by atoms with van der Waals surface area (Å²) >= 11 is 0.